The molecule has 0 aliphatic rings. The predicted octanol–water partition coefficient (Wildman–Crippen LogP) is 3.17. The number of carbonyl (C=O) groups excluding carboxylic acids is 1. The third-order valence-corrected chi connectivity index (χ3v) is 3.69. The first kappa shape index (κ1) is 15.1. The molecule has 2 aromatic rings. The number of hydrogen-bond acceptors (Lipinski definition) is 2. The lowest BCUT2D eigenvalue weighted by Crippen LogP contribution is -2.26. The summed E-state index contributed by atoms with van der Waals surface area (Å²) in [6, 6.07) is 15.8. The number of amides is 1. The molecule has 1 amide bonds. The third-order valence-electron chi connectivity index (χ3n) is 3.69. The third kappa shape index (κ3) is 4.35. The first-order valence-corrected chi connectivity index (χ1v) is 7.19. The van der Waals surface area contributed by atoms with Crippen LogP contribution in [0.5, 0.6) is 0 Å². The van der Waals surface area contributed by atoms with Crippen LogP contribution < -0.4 is 5.73 Å². The molecule has 21 heavy (non-hydrogen) atoms. The van der Waals surface area contributed by atoms with E-state index in [0.717, 1.165) is 17.7 Å². The fourth-order valence-electron chi connectivity index (χ4n) is 2.31. The molecular formula is C18H22N2O. The summed E-state index contributed by atoms with van der Waals surface area (Å²) in [6.45, 7) is 2.70. The number of aryl methyl sites for hydroxylation is 2. The fraction of sp³-hybridized carbons (Fsp3) is 0.278. The van der Waals surface area contributed by atoms with E-state index in [0.29, 0.717) is 13.0 Å². The first-order valence-electron chi connectivity index (χ1n) is 7.19. The summed E-state index contributed by atoms with van der Waals surface area (Å²) in [4.78, 5) is 14.0. The molecule has 3 nitrogen and oxygen atoms in total. The van der Waals surface area contributed by atoms with Crippen molar-refractivity contribution in [2.75, 3.05) is 12.8 Å². The van der Waals surface area contributed by atoms with Gasteiger partial charge in [-0.25, -0.2) is 0 Å². The van der Waals surface area contributed by atoms with E-state index < -0.39 is 0 Å². The first-order chi connectivity index (χ1) is 10.1. The Labute approximate surface area is 126 Å². The topological polar surface area (TPSA) is 46.3 Å². The zero-order valence-electron chi connectivity index (χ0n) is 12.7. The van der Waals surface area contributed by atoms with Crippen LogP contribution >= 0.6 is 0 Å². The number of benzene rings is 2. The number of carbonyl (C=O) groups is 1. The van der Waals surface area contributed by atoms with Gasteiger partial charge < -0.3 is 10.6 Å². The maximum absolute atomic E-state index is 12.2. The van der Waals surface area contributed by atoms with Gasteiger partial charge in [0.05, 0.1) is 0 Å². The van der Waals surface area contributed by atoms with Crippen LogP contribution in [0.4, 0.5) is 5.69 Å². The molecule has 0 saturated heterocycles. The summed E-state index contributed by atoms with van der Waals surface area (Å²) >= 11 is 0. The molecule has 0 radical (unpaired) electrons. The summed E-state index contributed by atoms with van der Waals surface area (Å²) in [7, 11) is 1.84. The van der Waals surface area contributed by atoms with Crippen molar-refractivity contribution in [3.8, 4) is 0 Å². The fourth-order valence-corrected chi connectivity index (χ4v) is 2.31. The normalized spacial score (nSPS) is 10.4. The summed E-state index contributed by atoms with van der Waals surface area (Å²) in [5.41, 5.74) is 9.98. The summed E-state index contributed by atoms with van der Waals surface area (Å²) in [5, 5.41) is 0. The predicted molar refractivity (Wildman–Crippen MR) is 86.8 cm³/mol. The number of hydrogen-bond donors (Lipinski definition) is 1. The SMILES string of the molecule is Cc1ccccc1CCC(=O)N(C)Cc1ccc(N)cc1. The maximum atomic E-state index is 12.2. The number of nitrogens with two attached hydrogens (primary N) is 1. The Balaban J connectivity index is 1.88. The van der Waals surface area contributed by atoms with Gasteiger partial charge in [0.15, 0.2) is 0 Å². The molecular weight excluding hydrogens is 260 g/mol. The van der Waals surface area contributed by atoms with E-state index in [1.54, 1.807) is 4.90 Å². The summed E-state index contributed by atoms with van der Waals surface area (Å²) < 4.78 is 0. The lowest BCUT2D eigenvalue weighted by Gasteiger charge is -2.17. The van der Waals surface area contributed by atoms with Crippen LogP contribution in [0.2, 0.25) is 0 Å². The molecule has 2 aromatic carbocycles. The van der Waals surface area contributed by atoms with Crippen LogP contribution in [0.3, 0.4) is 0 Å². The van der Waals surface area contributed by atoms with E-state index >= 15 is 0 Å². The molecule has 0 aromatic heterocycles. The highest BCUT2D eigenvalue weighted by Crippen LogP contribution is 2.12. The van der Waals surface area contributed by atoms with Crippen LogP contribution in [0.15, 0.2) is 48.5 Å². The molecule has 2 N–H and O–H groups in total. The number of rotatable bonds is 5. The second-order valence-corrected chi connectivity index (χ2v) is 5.42. The Morgan fingerprint density at radius 3 is 2.43 bits per heavy atom. The number of anilines is 1. The standard InChI is InChI=1S/C18H22N2O/c1-14-5-3-4-6-16(14)9-12-18(21)20(2)13-15-7-10-17(19)11-8-15/h3-8,10-11H,9,12-13,19H2,1-2H3. The van der Waals surface area contributed by atoms with Gasteiger partial charge in [0.2, 0.25) is 5.91 Å². The Morgan fingerprint density at radius 1 is 1.10 bits per heavy atom. The molecule has 0 aliphatic carbocycles. The lowest BCUT2D eigenvalue weighted by atomic mass is 10.0. The average Bonchev–Trinajstić information content (AvgIpc) is 2.48. The smallest absolute Gasteiger partial charge is 0.222 e. The number of nitrogens with zero attached hydrogens (tertiary/aromatic N) is 1. The van der Waals surface area contributed by atoms with Gasteiger partial charge >= 0.3 is 0 Å². The van der Waals surface area contributed by atoms with Crippen molar-refractivity contribution >= 4 is 11.6 Å². The maximum Gasteiger partial charge on any atom is 0.222 e. The van der Waals surface area contributed by atoms with Gasteiger partial charge in [0, 0.05) is 25.7 Å². The molecule has 3 heteroatoms. The molecule has 2 rings (SSSR count). The molecule has 0 bridgehead atoms. The Hall–Kier alpha value is -2.29. The molecule has 0 fully saturated rings. The molecule has 110 valence electrons. The highest BCUT2D eigenvalue weighted by molar-refractivity contribution is 5.76. The minimum Gasteiger partial charge on any atom is -0.399 e. The van der Waals surface area contributed by atoms with Crippen LogP contribution in [-0.4, -0.2) is 17.9 Å². The zero-order valence-corrected chi connectivity index (χ0v) is 12.7. The van der Waals surface area contributed by atoms with Gasteiger partial charge in [-0.3, -0.25) is 4.79 Å². The van der Waals surface area contributed by atoms with Crippen molar-refractivity contribution in [2.45, 2.75) is 26.3 Å². The Bertz CT molecular complexity index is 605. The second kappa shape index (κ2) is 6.93. The second-order valence-electron chi connectivity index (χ2n) is 5.42. The quantitative estimate of drug-likeness (QED) is 0.856. The molecule has 0 saturated carbocycles. The van der Waals surface area contributed by atoms with Gasteiger partial charge in [-0.2, -0.15) is 0 Å². The summed E-state index contributed by atoms with van der Waals surface area (Å²) in [5.74, 6) is 0.162. The van der Waals surface area contributed by atoms with E-state index in [9.17, 15) is 4.79 Å². The average molecular weight is 282 g/mol. The number of nitrogen functional groups attached to an aromatic ring is 1. The van der Waals surface area contributed by atoms with E-state index in [1.165, 1.54) is 11.1 Å². The van der Waals surface area contributed by atoms with Gasteiger partial charge in [0.1, 0.15) is 0 Å². The van der Waals surface area contributed by atoms with Gasteiger partial charge in [0.25, 0.3) is 0 Å². The van der Waals surface area contributed by atoms with Crippen LogP contribution in [0, 0.1) is 6.92 Å². The van der Waals surface area contributed by atoms with E-state index in [2.05, 4.69) is 19.1 Å². The van der Waals surface area contributed by atoms with Gasteiger partial charge in [-0.05, 0) is 42.2 Å². The van der Waals surface area contributed by atoms with E-state index in [4.69, 9.17) is 5.73 Å². The van der Waals surface area contributed by atoms with Gasteiger partial charge in [-0.15, -0.1) is 0 Å². The minimum atomic E-state index is 0.162. The van der Waals surface area contributed by atoms with Crippen LogP contribution in [-0.2, 0) is 17.8 Å². The largest absolute Gasteiger partial charge is 0.399 e. The van der Waals surface area contributed by atoms with Crippen molar-refractivity contribution in [3.05, 3.63) is 65.2 Å². The lowest BCUT2D eigenvalue weighted by molar-refractivity contribution is -0.130. The van der Waals surface area contributed by atoms with Crippen LogP contribution in [0.25, 0.3) is 0 Å². The molecule has 0 heterocycles. The van der Waals surface area contributed by atoms with Crippen molar-refractivity contribution < 1.29 is 4.79 Å². The van der Waals surface area contributed by atoms with Crippen molar-refractivity contribution in [1.29, 1.82) is 0 Å². The Morgan fingerprint density at radius 2 is 1.76 bits per heavy atom. The molecule has 0 aliphatic heterocycles. The van der Waals surface area contributed by atoms with E-state index in [-0.39, 0.29) is 5.91 Å². The molecule has 0 atom stereocenters. The minimum absolute atomic E-state index is 0.162. The summed E-state index contributed by atoms with van der Waals surface area (Å²) in [6.07, 6.45) is 1.33. The van der Waals surface area contributed by atoms with Crippen molar-refractivity contribution in [2.24, 2.45) is 0 Å². The molecule has 0 spiro atoms. The van der Waals surface area contributed by atoms with Crippen molar-refractivity contribution in [3.63, 3.8) is 0 Å². The highest BCUT2D eigenvalue weighted by Gasteiger charge is 2.10. The Kier molecular flexibility index (Phi) is 4.99. The highest BCUT2D eigenvalue weighted by atomic mass is 16.2. The zero-order chi connectivity index (χ0) is 15.2. The monoisotopic (exact) mass is 282 g/mol. The van der Waals surface area contributed by atoms with Crippen LogP contribution in [0.1, 0.15) is 23.1 Å². The van der Waals surface area contributed by atoms with Crippen molar-refractivity contribution in [1.82, 2.24) is 4.90 Å². The van der Waals surface area contributed by atoms with Gasteiger partial charge in [-0.1, -0.05) is 36.4 Å². The van der Waals surface area contributed by atoms with E-state index in [1.807, 2.05) is 43.4 Å². The molecule has 0 unspecified atom stereocenters.